The van der Waals surface area contributed by atoms with Crippen LogP contribution in [0.15, 0.2) is 0 Å². The number of Topliss-reactive ketones (excluding diaryl/α,β-unsaturated/α-hetero) is 1. The molecule has 0 bridgehead atoms. The molecule has 1 heterocycles. The van der Waals surface area contributed by atoms with Crippen LogP contribution < -0.4 is 16.4 Å². The lowest BCUT2D eigenvalue weighted by Gasteiger charge is -2.30. The fourth-order valence-electron chi connectivity index (χ4n) is 3.30. The summed E-state index contributed by atoms with van der Waals surface area (Å²) < 4.78 is 0. The van der Waals surface area contributed by atoms with Gasteiger partial charge in [-0.05, 0) is 25.2 Å². The summed E-state index contributed by atoms with van der Waals surface area (Å²) in [7, 11) is 0. The molecule has 138 valence electrons. The van der Waals surface area contributed by atoms with E-state index in [1.165, 1.54) is 4.90 Å². The van der Waals surface area contributed by atoms with E-state index in [4.69, 9.17) is 5.73 Å². The second kappa shape index (κ2) is 8.59. The van der Waals surface area contributed by atoms with Gasteiger partial charge in [-0.1, -0.05) is 19.3 Å². The minimum atomic E-state index is -1.07. The second-order valence-electron chi connectivity index (χ2n) is 6.57. The van der Waals surface area contributed by atoms with Crippen LogP contribution in [0.3, 0.4) is 0 Å². The third-order valence-electron chi connectivity index (χ3n) is 4.88. The van der Waals surface area contributed by atoms with E-state index >= 15 is 0 Å². The predicted octanol–water partition coefficient (Wildman–Crippen LogP) is -1.55. The summed E-state index contributed by atoms with van der Waals surface area (Å²) in [5.74, 6) is -2.40. The summed E-state index contributed by atoms with van der Waals surface area (Å²) in [5, 5.41) is 4.89. The third kappa shape index (κ3) is 4.77. The molecule has 2 rings (SSSR count). The number of hydrogen-bond acceptors (Lipinski definition) is 5. The van der Waals surface area contributed by atoms with Gasteiger partial charge in [0.1, 0.15) is 6.04 Å². The maximum atomic E-state index is 12.6. The van der Waals surface area contributed by atoms with Crippen LogP contribution in [0.25, 0.3) is 0 Å². The number of likely N-dealkylation sites (tertiary alicyclic amines) is 1. The van der Waals surface area contributed by atoms with Gasteiger partial charge in [-0.25, -0.2) is 0 Å². The molecule has 25 heavy (non-hydrogen) atoms. The first kappa shape index (κ1) is 18.9. The number of primary amides is 1. The van der Waals surface area contributed by atoms with Gasteiger partial charge in [-0.2, -0.15) is 0 Å². The van der Waals surface area contributed by atoms with Gasteiger partial charge >= 0.3 is 0 Å². The van der Waals surface area contributed by atoms with E-state index in [2.05, 4.69) is 10.6 Å². The molecule has 0 spiro atoms. The van der Waals surface area contributed by atoms with Crippen molar-refractivity contribution in [3.05, 3.63) is 0 Å². The van der Waals surface area contributed by atoms with Crippen molar-refractivity contribution in [1.82, 2.24) is 15.5 Å². The first-order chi connectivity index (χ1) is 11.9. The van der Waals surface area contributed by atoms with E-state index in [1.54, 1.807) is 0 Å². The molecule has 1 saturated carbocycles. The van der Waals surface area contributed by atoms with Crippen LogP contribution >= 0.6 is 0 Å². The zero-order chi connectivity index (χ0) is 18.4. The average molecular weight is 352 g/mol. The molecule has 4 N–H and O–H groups in total. The van der Waals surface area contributed by atoms with Crippen molar-refractivity contribution in [1.29, 1.82) is 0 Å². The van der Waals surface area contributed by atoms with E-state index in [-0.39, 0.29) is 12.5 Å². The van der Waals surface area contributed by atoms with E-state index in [0.717, 1.165) is 19.3 Å². The molecule has 0 aromatic heterocycles. The molecule has 4 amide bonds. The van der Waals surface area contributed by atoms with Crippen LogP contribution in [-0.2, 0) is 24.0 Å². The number of hydrogen-bond donors (Lipinski definition) is 3. The smallest absolute Gasteiger partial charge is 0.287 e. The number of nitrogens with zero attached hydrogens (tertiary/aromatic N) is 1. The summed E-state index contributed by atoms with van der Waals surface area (Å²) in [6.45, 7) is 0.230. The second-order valence-corrected chi connectivity index (χ2v) is 6.57. The Balaban J connectivity index is 2.00. The van der Waals surface area contributed by atoms with Crippen LogP contribution in [0, 0.1) is 5.92 Å². The highest BCUT2D eigenvalue weighted by atomic mass is 16.2. The number of rotatable bonds is 9. The zero-order valence-corrected chi connectivity index (χ0v) is 14.0. The van der Waals surface area contributed by atoms with Gasteiger partial charge in [0.15, 0.2) is 0 Å². The summed E-state index contributed by atoms with van der Waals surface area (Å²) in [5.41, 5.74) is 5.09. The Morgan fingerprint density at radius 1 is 1.16 bits per heavy atom. The zero-order valence-electron chi connectivity index (χ0n) is 14.0. The SMILES string of the molecule is NC(=O)C(=O)C(CC1CCC1)NC(=O)[C@@H]1CCCN1C(=O)CNC=O. The molecule has 2 fully saturated rings. The van der Waals surface area contributed by atoms with E-state index < -0.39 is 29.7 Å². The normalized spacial score (nSPS) is 21.1. The number of nitrogens with one attached hydrogen (secondary N) is 2. The summed E-state index contributed by atoms with van der Waals surface area (Å²) in [4.78, 5) is 59.6. The van der Waals surface area contributed by atoms with Crippen LogP contribution in [0.2, 0.25) is 0 Å². The molecule has 2 aliphatic rings. The van der Waals surface area contributed by atoms with E-state index in [0.29, 0.717) is 38.1 Å². The van der Waals surface area contributed by atoms with Gasteiger partial charge in [-0.3, -0.25) is 24.0 Å². The van der Waals surface area contributed by atoms with E-state index in [9.17, 15) is 24.0 Å². The van der Waals surface area contributed by atoms with Crippen LogP contribution in [0.4, 0.5) is 0 Å². The summed E-state index contributed by atoms with van der Waals surface area (Å²) in [6.07, 6.45) is 4.93. The maximum absolute atomic E-state index is 12.6. The first-order valence-corrected chi connectivity index (χ1v) is 8.54. The first-order valence-electron chi connectivity index (χ1n) is 8.54. The van der Waals surface area contributed by atoms with Gasteiger partial charge in [-0.15, -0.1) is 0 Å². The maximum Gasteiger partial charge on any atom is 0.287 e. The topological polar surface area (TPSA) is 139 Å². The molecule has 0 aromatic carbocycles. The molecule has 0 radical (unpaired) electrons. The standard InChI is InChI=1S/C16H24N4O5/c17-15(24)14(23)11(7-10-3-1-4-10)19-16(25)12-5-2-6-20(12)13(22)8-18-9-21/h9-12H,1-8H2,(H2,17,24)(H,18,21)(H,19,25)/t11?,12-/m0/s1. The molecule has 1 aliphatic carbocycles. The molecule has 0 aromatic rings. The lowest BCUT2D eigenvalue weighted by Crippen LogP contribution is -2.54. The lowest BCUT2D eigenvalue weighted by molar-refractivity contribution is -0.141. The Morgan fingerprint density at radius 2 is 1.88 bits per heavy atom. The van der Waals surface area contributed by atoms with Crippen molar-refractivity contribution >= 4 is 29.9 Å². The number of amides is 4. The largest absolute Gasteiger partial charge is 0.363 e. The molecule has 2 atom stereocenters. The van der Waals surface area contributed by atoms with E-state index in [1.807, 2.05) is 0 Å². The van der Waals surface area contributed by atoms with Crippen LogP contribution in [0.5, 0.6) is 0 Å². The van der Waals surface area contributed by atoms with Gasteiger partial charge < -0.3 is 21.3 Å². The molecular weight excluding hydrogens is 328 g/mol. The predicted molar refractivity (Wildman–Crippen MR) is 86.9 cm³/mol. The Morgan fingerprint density at radius 3 is 2.44 bits per heavy atom. The molecule has 1 saturated heterocycles. The van der Waals surface area contributed by atoms with Gasteiger partial charge in [0.25, 0.3) is 5.91 Å². The van der Waals surface area contributed by atoms with Crippen molar-refractivity contribution in [2.75, 3.05) is 13.1 Å². The minimum absolute atomic E-state index is 0.182. The fourth-order valence-corrected chi connectivity index (χ4v) is 3.30. The molecule has 9 heteroatoms. The third-order valence-corrected chi connectivity index (χ3v) is 4.88. The Hall–Kier alpha value is -2.45. The van der Waals surface area contributed by atoms with Crippen molar-refractivity contribution in [3.63, 3.8) is 0 Å². The van der Waals surface area contributed by atoms with Gasteiger partial charge in [0.2, 0.25) is 24.0 Å². The number of carbonyl (C=O) groups excluding carboxylic acids is 5. The molecule has 1 unspecified atom stereocenters. The Labute approximate surface area is 145 Å². The molecule has 1 aliphatic heterocycles. The highest BCUT2D eigenvalue weighted by molar-refractivity contribution is 6.37. The summed E-state index contributed by atoms with van der Waals surface area (Å²) >= 11 is 0. The molecule has 9 nitrogen and oxygen atoms in total. The fraction of sp³-hybridized carbons (Fsp3) is 0.688. The minimum Gasteiger partial charge on any atom is -0.363 e. The molecular formula is C16H24N4O5. The van der Waals surface area contributed by atoms with Crippen molar-refractivity contribution in [2.45, 2.75) is 50.6 Å². The Bertz CT molecular complexity index is 561. The van der Waals surface area contributed by atoms with Gasteiger partial charge in [0, 0.05) is 6.54 Å². The quantitative estimate of drug-likeness (QED) is 0.341. The van der Waals surface area contributed by atoms with Crippen LogP contribution in [0.1, 0.15) is 38.5 Å². The van der Waals surface area contributed by atoms with Crippen molar-refractivity contribution in [3.8, 4) is 0 Å². The summed E-state index contributed by atoms with van der Waals surface area (Å²) in [6, 6.07) is -1.65. The number of carbonyl (C=O) groups is 5. The Kier molecular flexibility index (Phi) is 6.49. The average Bonchev–Trinajstić information content (AvgIpc) is 3.03. The van der Waals surface area contributed by atoms with Gasteiger partial charge in [0.05, 0.1) is 12.6 Å². The highest BCUT2D eigenvalue weighted by Gasteiger charge is 2.37. The highest BCUT2D eigenvalue weighted by Crippen LogP contribution is 2.30. The monoisotopic (exact) mass is 352 g/mol. The number of ketones is 1. The van der Waals surface area contributed by atoms with Crippen molar-refractivity contribution in [2.24, 2.45) is 11.7 Å². The van der Waals surface area contributed by atoms with Crippen molar-refractivity contribution < 1.29 is 24.0 Å². The number of nitrogens with two attached hydrogens (primary N) is 1. The van der Waals surface area contributed by atoms with Crippen LogP contribution in [-0.4, -0.2) is 60.0 Å². The lowest BCUT2D eigenvalue weighted by atomic mass is 9.80.